The van der Waals surface area contributed by atoms with Crippen LogP contribution in [0.3, 0.4) is 0 Å². The zero-order valence-corrected chi connectivity index (χ0v) is 15.3. The standard InChI is InChI=1S/C20H26O2S/c1-5-22-19(21)17(14-23-20(2,3)4)13-16-11-8-10-15-9-6-7-12-18(15)16/h6-12,17H,5,13-14H2,1-4H3. The highest BCUT2D eigenvalue weighted by atomic mass is 32.2. The first kappa shape index (κ1) is 17.9. The number of carbonyl (C=O) groups excluding carboxylic acids is 1. The summed E-state index contributed by atoms with van der Waals surface area (Å²) in [5, 5.41) is 2.45. The van der Waals surface area contributed by atoms with Crippen molar-refractivity contribution in [3.05, 3.63) is 48.0 Å². The van der Waals surface area contributed by atoms with E-state index < -0.39 is 0 Å². The van der Waals surface area contributed by atoms with Crippen molar-refractivity contribution in [3.8, 4) is 0 Å². The highest BCUT2D eigenvalue weighted by Gasteiger charge is 2.24. The molecule has 0 saturated carbocycles. The molecule has 0 aliphatic heterocycles. The van der Waals surface area contributed by atoms with Gasteiger partial charge in [-0.15, -0.1) is 0 Å². The first-order chi connectivity index (χ1) is 10.9. The van der Waals surface area contributed by atoms with Crippen molar-refractivity contribution in [3.63, 3.8) is 0 Å². The van der Waals surface area contributed by atoms with Gasteiger partial charge in [0.25, 0.3) is 0 Å². The second-order valence-electron chi connectivity index (χ2n) is 6.71. The molecule has 0 amide bonds. The molecule has 0 spiro atoms. The summed E-state index contributed by atoms with van der Waals surface area (Å²) in [6, 6.07) is 14.6. The number of rotatable bonds is 6. The molecule has 2 aromatic rings. The Morgan fingerprint density at radius 3 is 2.52 bits per heavy atom. The van der Waals surface area contributed by atoms with Gasteiger partial charge in [0.15, 0.2) is 0 Å². The zero-order valence-electron chi connectivity index (χ0n) is 14.5. The molecule has 0 aliphatic carbocycles. The van der Waals surface area contributed by atoms with Crippen molar-refractivity contribution in [2.45, 2.75) is 38.9 Å². The smallest absolute Gasteiger partial charge is 0.310 e. The Hall–Kier alpha value is -1.48. The molecule has 3 heteroatoms. The number of fused-ring (bicyclic) bond motifs is 1. The van der Waals surface area contributed by atoms with E-state index in [9.17, 15) is 4.79 Å². The summed E-state index contributed by atoms with van der Waals surface area (Å²) in [6.45, 7) is 8.84. The fourth-order valence-electron chi connectivity index (χ4n) is 2.56. The van der Waals surface area contributed by atoms with Gasteiger partial charge in [0.2, 0.25) is 0 Å². The molecule has 0 heterocycles. The molecule has 2 aromatic carbocycles. The number of thioether (sulfide) groups is 1. The molecule has 0 radical (unpaired) electrons. The van der Waals surface area contributed by atoms with Gasteiger partial charge in [0, 0.05) is 10.5 Å². The SMILES string of the molecule is CCOC(=O)C(CSC(C)(C)C)Cc1cccc2ccccc12. The van der Waals surface area contributed by atoms with E-state index in [2.05, 4.69) is 57.2 Å². The summed E-state index contributed by atoms with van der Waals surface area (Å²) >= 11 is 1.82. The van der Waals surface area contributed by atoms with E-state index in [0.29, 0.717) is 6.61 Å². The molecule has 0 saturated heterocycles. The van der Waals surface area contributed by atoms with Crippen molar-refractivity contribution in [2.24, 2.45) is 5.92 Å². The van der Waals surface area contributed by atoms with Gasteiger partial charge in [-0.25, -0.2) is 0 Å². The van der Waals surface area contributed by atoms with Gasteiger partial charge in [-0.2, -0.15) is 11.8 Å². The third-order valence-electron chi connectivity index (χ3n) is 3.68. The topological polar surface area (TPSA) is 26.3 Å². The molecule has 124 valence electrons. The average Bonchev–Trinajstić information content (AvgIpc) is 2.51. The lowest BCUT2D eigenvalue weighted by Crippen LogP contribution is -2.24. The number of hydrogen-bond donors (Lipinski definition) is 0. The zero-order chi connectivity index (χ0) is 16.9. The van der Waals surface area contributed by atoms with Crippen LogP contribution in [0.25, 0.3) is 10.8 Å². The Kier molecular flexibility index (Phi) is 6.11. The predicted octanol–water partition coefficient (Wildman–Crippen LogP) is 5.09. The minimum absolute atomic E-state index is 0.0859. The Balaban J connectivity index is 2.23. The fourth-order valence-corrected chi connectivity index (χ4v) is 3.51. The second kappa shape index (κ2) is 7.87. The van der Waals surface area contributed by atoms with Crippen LogP contribution in [-0.4, -0.2) is 23.1 Å². The summed E-state index contributed by atoms with van der Waals surface area (Å²) in [7, 11) is 0. The van der Waals surface area contributed by atoms with Gasteiger partial charge >= 0.3 is 5.97 Å². The molecule has 1 atom stereocenters. The first-order valence-electron chi connectivity index (χ1n) is 8.18. The molecular formula is C20H26O2S. The molecule has 1 unspecified atom stereocenters. The quantitative estimate of drug-likeness (QED) is 0.690. The Labute approximate surface area is 143 Å². The van der Waals surface area contributed by atoms with Crippen LogP contribution in [0.1, 0.15) is 33.3 Å². The van der Waals surface area contributed by atoms with Crippen LogP contribution in [0.2, 0.25) is 0 Å². The van der Waals surface area contributed by atoms with Crippen molar-refractivity contribution in [1.29, 1.82) is 0 Å². The maximum absolute atomic E-state index is 12.4. The molecule has 23 heavy (non-hydrogen) atoms. The summed E-state index contributed by atoms with van der Waals surface area (Å²) in [6.07, 6.45) is 0.725. The van der Waals surface area contributed by atoms with Crippen LogP contribution in [0.5, 0.6) is 0 Å². The molecule has 2 nitrogen and oxygen atoms in total. The van der Waals surface area contributed by atoms with Crippen molar-refractivity contribution in [2.75, 3.05) is 12.4 Å². The van der Waals surface area contributed by atoms with E-state index in [4.69, 9.17) is 4.74 Å². The summed E-state index contributed by atoms with van der Waals surface area (Å²) in [5.41, 5.74) is 1.22. The maximum atomic E-state index is 12.4. The van der Waals surface area contributed by atoms with Crippen molar-refractivity contribution in [1.82, 2.24) is 0 Å². The van der Waals surface area contributed by atoms with Crippen molar-refractivity contribution >= 4 is 28.5 Å². The van der Waals surface area contributed by atoms with E-state index in [-0.39, 0.29) is 16.6 Å². The van der Waals surface area contributed by atoms with Gasteiger partial charge in [0.1, 0.15) is 0 Å². The van der Waals surface area contributed by atoms with E-state index in [1.165, 1.54) is 16.3 Å². The van der Waals surface area contributed by atoms with E-state index in [1.54, 1.807) is 0 Å². The Morgan fingerprint density at radius 2 is 1.83 bits per heavy atom. The molecular weight excluding hydrogens is 304 g/mol. The lowest BCUT2D eigenvalue weighted by Gasteiger charge is -2.22. The van der Waals surface area contributed by atoms with Crippen molar-refractivity contribution < 1.29 is 9.53 Å². The minimum atomic E-state index is -0.106. The number of ether oxygens (including phenoxy) is 1. The summed E-state index contributed by atoms with van der Waals surface area (Å²) in [4.78, 5) is 12.4. The van der Waals surface area contributed by atoms with Gasteiger partial charge in [0.05, 0.1) is 12.5 Å². The van der Waals surface area contributed by atoms with Crippen LogP contribution in [0.15, 0.2) is 42.5 Å². The Bertz CT molecular complexity index is 653. The number of benzene rings is 2. The third kappa shape index (κ3) is 5.28. The fraction of sp³-hybridized carbons (Fsp3) is 0.450. The maximum Gasteiger partial charge on any atom is 0.310 e. The van der Waals surface area contributed by atoms with E-state index in [1.807, 2.05) is 24.8 Å². The molecule has 0 N–H and O–H groups in total. The van der Waals surface area contributed by atoms with E-state index >= 15 is 0 Å². The minimum Gasteiger partial charge on any atom is -0.466 e. The molecule has 0 bridgehead atoms. The first-order valence-corrected chi connectivity index (χ1v) is 9.16. The lowest BCUT2D eigenvalue weighted by atomic mass is 9.96. The van der Waals surface area contributed by atoms with Gasteiger partial charge in [-0.3, -0.25) is 4.79 Å². The summed E-state index contributed by atoms with van der Waals surface area (Å²) in [5.74, 6) is 0.591. The summed E-state index contributed by atoms with van der Waals surface area (Å²) < 4.78 is 5.44. The molecule has 0 aliphatic rings. The van der Waals surface area contributed by atoms with Crippen LogP contribution in [0.4, 0.5) is 0 Å². The van der Waals surface area contributed by atoms with Crippen LogP contribution in [-0.2, 0) is 16.0 Å². The van der Waals surface area contributed by atoms with Gasteiger partial charge in [-0.1, -0.05) is 63.2 Å². The number of carbonyl (C=O) groups is 1. The predicted molar refractivity (Wildman–Crippen MR) is 100.0 cm³/mol. The normalized spacial score (nSPS) is 13.0. The number of hydrogen-bond acceptors (Lipinski definition) is 3. The highest BCUT2D eigenvalue weighted by molar-refractivity contribution is 8.00. The highest BCUT2D eigenvalue weighted by Crippen LogP contribution is 2.29. The molecule has 0 aromatic heterocycles. The van der Waals surface area contributed by atoms with Crippen LogP contribution >= 0.6 is 11.8 Å². The second-order valence-corrected chi connectivity index (χ2v) is 8.56. The molecule has 2 rings (SSSR count). The molecule has 0 fully saturated rings. The monoisotopic (exact) mass is 330 g/mol. The van der Waals surface area contributed by atoms with Crippen LogP contribution < -0.4 is 0 Å². The average molecular weight is 330 g/mol. The van der Waals surface area contributed by atoms with Gasteiger partial charge < -0.3 is 4.74 Å². The van der Waals surface area contributed by atoms with E-state index in [0.717, 1.165) is 12.2 Å². The van der Waals surface area contributed by atoms with Gasteiger partial charge in [-0.05, 0) is 29.7 Å². The lowest BCUT2D eigenvalue weighted by molar-refractivity contribution is -0.147. The third-order valence-corrected chi connectivity index (χ3v) is 5.12. The number of esters is 1. The Morgan fingerprint density at radius 1 is 1.13 bits per heavy atom. The van der Waals surface area contributed by atoms with Crippen LogP contribution in [0, 0.1) is 5.92 Å². The largest absolute Gasteiger partial charge is 0.466 e.